The zero-order valence-corrected chi connectivity index (χ0v) is 14.8. The third-order valence-corrected chi connectivity index (χ3v) is 4.53. The van der Waals surface area contributed by atoms with Crippen molar-refractivity contribution in [2.24, 2.45) is 7.05 Å². The van der Waals surface area contributed by atoms with E-state index in [4.69, 9.17) is 12.2 Å². The van der Waals surface area contributed by atoms with Crippen LogP contribution < -0.4 is 10.6 Å². The lowest BCUT2D eigenvalue weighted by Crippen LogP contribution is -2.36. The molecular formula is C17H19N7S. The first-order chi connectivity index (χ1) is 12.2. The van der Waals surface area contributed by atoms with Crippen molar-refractivity contribution < 1.29 is 0 Å². The molecule has 3 heterocycles. The van der Waals surface area contributed by atoms with Gasteiger partial charge in [0.1, 0.15) is 22.7 Å². The van der Waals surface area contributed by atoms with Crippen molar-refractivity contribution in [1.29, 1.82) is 0 Å². The van der Waals surface area contributed by atoms with E-state index >= 15 is 0 Å². The Morgan fingerprint density at radius 2 is 2.00 bits per heavy atom. The van der Waals surface area contributed by atoms with E-state index in [1.165, 1.54) is 25.7 Å². The lowest BCUT2D eigenvalue weighted by molar-refractivity contribution is 0.634. The van der Waals surface area contributed by atoms with Crippen molar-refractivity contribution in [3.8, 4) is 11.4 Å². The molecule has 0 amide bonds. The number of hydrogen-bond donors (Lipinski definition) is 2. The highest BCUT2D eigenvalue weighted by molar-refractivity contribution is 7.80. The molecular weight excluding hydrogens is 334 g/mol. The Balaban J connectivity index is 1.54. The van der Waals surface area contributed by atoms with Crippen LogP contribution in [0.2, 0.25) is 0 Å². The number of thiocarbonyl (C=S) groups is 1. The van der Waals surface area contributed by atoms with Crippen molar-refractivity contribution in [2.75, 3.05) is 5.32 Å². The van der Waals surface area contributed by atoms with E-state index in [2.05, 4.69) is 30.6 Å². The number of rotatable bonds is 3. The summed E-state index contributed by atoms with van der Waals surface area (Å²) in [6.45, 7) is 0. The van der Waals surface area contributed by atoms with Gasteiger partial charge in [-0.15, -0.1) is 0 Å². The fourth-order valence-corrected chi connectivity index (χ4v) is 3.32. The van der Waals surface area contributed by atoms with E-state index in [1.807, 2.05) is 29.9 Å². The van der Waals surface area contributed by atoms with Gasteiger partial charge in [0.15, 0.2) is 10.8 Å². The lowest BCUT2D eigenvalue weighted by atomic mass is 10.3. The smallest absolute Gasteiger partial charge is 0.180 e. The second-order valence-corrected chi connectivity index (χ2v) is 6.71. The summed E-state index contributed by atoms with van der Waals surface area (Å²) in [7, 11) is 1.92. The number of anilines is 1. The van der Waals surface area contributed by atoms with Crippen LogP contribution in [0.25, 0.3) is 22.6 Å². The molecule has 1 fully saturated rings. The number of imidazole rings is 1. The number of aryl methyl sites for hydroxylation is 1. The number of nitrogens with one attached hydrogen (secondary N) is 2. The SMILES string of the molecule is Cn1cnc(-c2cnc3ccc(NC(=S)NC4CCCC4)nc3n2)c1. The van der Waals surface area contributed by atoms with Gasteiger partial charge in [0.25, 0.3) is 0 Å². The van der Waals surface area contributed by atoms with Gasteiger partial charge in [-0.05, 0) is 37.2 Å². The molecule has 0 aliphatic heterocycles. The average Bonchev–Trinajstić information content (AvgIpc) is 3.26. The van der Waals surface area contributed by atoms with Crippen molar-refractivity contribution in [3.05, 3.63) is 30.9 Å². The predicted octanol–water partition coefficient (Wildman–Crippen LogP) is 2.65. The summed E-state index contributed by atoms with van der Waals surface area (Å²) < 4.78 is 1.87. The zero-order valence-electron chi connectivity index (χ0n) is 13.9. The minimum absolute atomic E-state index is 0.469. The van der Waals surface area contributed by atoms with E-state index in [0.717, 1.165) is 11.2 Å². The highest BCUT2D eigenvalue weighted by atomic mass is 32.1. The standard InChI is InChI=1S/C17H19N7S/c1-24-9-14(19-10-24)13-8-18-12-6-7-15(22-16(12)21-13)23-17(25)20-11-4-2-3-5-11/h6-11H,2-5H2,1H3,(H2,20,21,22,23,25). The molecule has 2 N–H and O–H groups in total. The molecule has 4 rings (SSSR count). The molecule has 0 atom stereocenters. The summed E-state index contributed by atoms with van der Waals surface area (Å²) in [5.41, 5.74) is 2.77. The molecule has 25 heavy (non-hydrogen) atoms. The van der Waals surface area contributed by atoms with Gasteiger partial charge in [-0.1, -0.05) is 12.8 Å². The van der Waals surface area contributed by atoms with Gasteiger partial charge in [-0.3, -0.25) is 4.98 Å². The Morgan fingerprint density at radius 1 is 1.16 bits per heavy atom. The molecule has 1 saturated carbocycles. The first-order valence-corrected chi connectivity index (χ1v) is 8.78. The minimum atomic E-state index is 0.469. The summed E-state index contributed by atoms with van der Waals surface area (Å²) in [6, 6.07) is 4.22. The second-order valence-electron chi connectivity index (χ2n) is 6.30. The van der Waals surface area contributed by atoms with Gasteiger partial charge in [-0.25, -0.2) is 15.0 Å². The van der Waals surface area contributed by atoms with Crippen LogP contribution in [-0.2, 0) is 7.05 Å². The van der Waals surface area contributed by atoms with Gasteiger partial charge in [0.05, 0.1) is 12.5 Å². The van der Waals surface area contributed by atoms with Crippen LogP contribution in [0.3, 0.4) is 0 Å². The molecule has 3 aromatic heterocycles. The summed E-state index contributed by atoms with van der Waals surface area (Å²) in [6.07, 6.45) is 10.2. The third kappa shape index (κ3) is 3.58. The second kappa shape index (κ2) is 6.72. The predicted molar refractivity (Wildman–Crippen MR) is 101 cm³/mol. The normalized spacial score (nSPS) is 14.8. The van der Waals surface area contributed by atoms with Gasteiger partial charge in [0, 0.05) is 19.3 Å². The van der Waals surface area contributed by atoms with Crippen molar-refractivity contribution in [3.63, 3.8) is 0 Å². The largest absolute Gasteiger partial charge is 0.360 e. The Hall–Kier alpha value is -2.61. The Labute approximate surface area is 150 Å². The van der Waals surface area contributed by atoms with Crippen LogP contribution in [0.4, 0.5) is 5.82 Å². The number of nitrogens with zero attached hydrogens (tertiary/aromatic N) is 5. The molecule has 0 radical (unpaired) electrons. The molecule has 0 bridgehead atoms. The Morgan fingerprint density at radius 3 is 2.76 bits per heavy atom. The summed E-state index contributed by atoms with van der Waals surface area (Å²) in [5, 5.41) is 7.10. The number of pyridine rings is 1. The van der Waals surface area contributed by atoms with Crippen LogP contribution in [-0.4, -0.2) is 35.7 Å². The number of aromatic nitrogens is 5. The maximum Gasteiger partial charge on any atom is 0.180 e. The van der Waals surface area contributed by atoms with Gasteiger partial charge < -0.3 is 15.2 Å². The molecule has 7 nitrogen and oxygen atoms in total. The summed E-state index contributed by atoms with van der Waals surface area (Å²) in [4.78, 5) is 17.8. The van der Waals surface area contributed by atoms with E-state index in [0.29, 0.717) is 28.3 Å². The molecule has 0 aromatic carbocycles. The number of fused-ring (bicyclic) bond motifs is 1. The molecule has 1 aliphatic carbocycles. The van der Waals surface area contributed by atoms with Crippen LogP contribution in [0.15, 0.2) is 30.9 Å². The fraction of sp³-hybridized carbons (Fsp3) is 0.353. The van der Waals surface area contributed by atoms with Gasteiger partial charge in [-0.2, -0.15) is 0 Å². The molecule has 0 saturated heterocycles. The van der Waals surface area contributed by atoms with Gasteiger partial charge in [0.2, 0.25) is 0 Å². The van der Waals surface area contributed by atoms with Crippen LogP contribution in [0.1, 0.15) is 25.7 Å². The fourth-order valence-electron chi connectivity index (χ4n) is 3.04. The third-order valence-electron chi connectivity index (χ3n) is 4.31. The molecule has 8 heteroatoms. The first kappa shape index (κ1) is 15.9. The topological polar surface area (TPSA) is 80.5 Å². The minimum Gasteiger partial charge on any atom is -0.360 e. The Kier molecular flexibility index (Phi) is 4.27. The summed E-state index contributed by atoms with van der Waals surface area (Å²) >= 11 is 5.39. The van der Waals surface area contributed by atoms with Crippen LogP contribution >= 0.6 is 12.2 Å². The van der Waals surface area contributed by atoms with Gasteiger partial charge >= 0.3 is 0 Å². The van der Waals surface area contributed by atoms with Crippen LogP contribution in [0.5, 0.6) is 0 Å². The van der Waals surface area contributed by atoms with Crippen molar-refractivity contribution in [2.45, 2.75) is 31.7 Å². The Bertz CT molecular complexity index is 914. The molecule has 3 aromatic rings. The summed E-state index contributed by atoms with van der Waals surface area (Å²) in [5.74, 6) is 0.662. The molecule has 128 valence electrons. The maximum absolute atomic E-state index is 5.39. The zero-order chi connectivity index (χ0) is 17.2. The quantitative estimate of drug-likeness (QED) is 0.701. The van der Waals surface area contributed by atoms with Crippen molar-refractivity contribution >= 4 is 34.3 Å². The molecule has 0 unspecified atom stereocenters. The van der Waals surface area contributed by atoms with E-state index < -0.39 is 0 Å². The highest BCUT2D eigenvalue weighted by Crippen LogP contribution is 2.19. The highest BCUT2D eigenvalue weighted by Gasteiger charge is 2.15. The van der Waals surface area contributed by atoms with E-state index in [9.17, 15) is 0 Å². The van der Waals surface area contributed by atoms with Crippen molar-refractivity contribution in [1.82, 2.24) is 29.8 Å². The van der Waals surface area contributed by atoms with Crippen LogP contribution in [0, 0.1) is 0 Å². The molecule has 0 spiro atoms. The average molecular weight is 353 g/mol. The van der Waals surface area contributed by atoms with E-state index in [1.54, 1.807) is 12.5 Å². The molecule has 1 aliphatic rings. The first-order valence-electron chi connectivity index (χ1n) is 8.37. The lowest BCUT2D eigenvalue weighted by Gasteiger charge is -2.15. The van der Waals surface area contributed by atoms with E-state index in [-0.39, 0.29) is 0 Å². The number of hydrogen-bond acceptors (Lipinski definition) is 5. The maximum atomic E-state index is 5.39. The monoisotopic (exact) mass is 353 g/mol.